The van der Waals surface area contributed by atoms with Crippen LogP contribution in [0.5, 0.6) is 5.75 Å². The lowest BCUT2D eigenvalue weighted by Crippen LogP contribution is -1.96. The largest absolute Gasteiger partial charge is 0.507 e. The lowest BCUT2D eigenvalue weighted by atomic mass is 10.0. The highest BCUT2D eigenvalue weighted by Gasteiger charge is 2.13. The summed E-state index contributed by atoms with van der Waals surface area (Å²) in [5, 5.41) is 9.44. The zero-order valence-electron chi connectivity index (χ0n) is 9.01. The third-order valence-corrected chi connectivity index (χ3v) is 2.34. The third-order valence-electron chi connectivity index (χ3n) is 2.34. The molecular weight excluding hydrogens is 223 g/mol. The van der Waals surface area contributed by atoms with Gasteiger partial charge in [-0.05, 0) is 13.0 Å². The van der Waals surface area contributed by atoms with Crippen LogP contribution >= 0.6 is 0 Å². The van der Waals surface area contributed by atoms with E-state index in [1.807, 2.05) is 0 Å². The van der Waals surface area contributed by atoms with E-state index in [9.17, 15) is 14.3 Å². The number of rotatable bonds is 2. The number of ketones is 1. The summed E-state index contributed by atoms with van der Waals surface area (Å²) in [6.07, 6.45) is 4.20. The van der Waals surface area contributed by atoms with Crippen LogP contribution < -0.4 is 0 Å². The summed E-state index contributed by atoms with van der Waals surface area (Å²) in [5.41, 5.74) is 0.714. The second kappa shape index (κ2) is 4.29. The Labute approximate surface area is 96.8 Å². The Kier molecular flexibility index (Phi) is 2.82. The highest BCUT2D eigenvalue weighted by molar-refractivity contribution is 5.98. The van der Waals surface area contributed by atoms with Crippen LogP contribution in [0.1, 0.15) is 17.3 Å². The van der Waals surface area contributed by atoms with Crippen molar-refractivity contribution in [3.63, 3.8) is 0 Å². The van der Waals surface area contributed by atoms with Gasteiger partial charge >= 0.3 is 0 Å². The Hall–Kier alpha value is -2.30. The molecule has 0 unspecified atom stereocenters. The van der Waals surface area contributed by atoms with Gasteiger partial charge in [-0.25, -0.2) is 14.4 Å². The van der Waals surface area contributed by atoms with Crippen molar-refractivity contribution < 1.29 is 14.3 Å². The second-order valence-electron chi connectivity index (χ2n) is 3.53. The van der Waals surface area contributed by atoms with Gasteiger partial charge in [-0.1, -0.05) is 0 Å². The van der Waals surface area contributed by atoms with Crippen LogP contribution in [0.25, 0.3) is 11.1 Å². The minimum Gasteiger partial charge on any atom is -0.507 e. The van der Waals surface area contributed by atoms with E-state index >= 15 is 0 Å². The standard InChI is InChI=1S/C12H9FN2O2/c1-7(16)9-2-10(11(13)3-12(9)17)8-4-14-6-15-5-8/h2-6,17H,1H3. The summed E-state index contributed by atoms with van der Waals surface area (Å²) in [6.45, 7) is 1.30. The van der Waals surface area contributed by atoms with E-state index in [2.05, 4.69) is 9.97 Å². The first kappa shape index (κ1) is 11.2. The lowest BCUT2D eigenvalue weighted by Gasteiger charge is -2.06. The topological polar surface area (TPSA) is 63.1 Å². The van der Waals surface area contributed by atoms with E-state index in [0.29, 0.717) is 5.56 Å². The van der Waals surface area contributed by atoms with Crippen molar-refractivity contribution in [2.75, 3.05) is 0 Å². The molecule has 0 spiro atoms. The van der Waals surface area contributed by atoms with Gasteiger partial charge in [0.1, 0.15) is 17.9 Å². The minimum absolute atomic E-state index is 0.0743. The number of carbonyl (C=O) groups is 1. The monoisotopic (exact) mass is 232 g/mol. The Bertz CT molecular complexity index is 570. The number of nitrogens with zero attached hydrogens (tertiary/aromatic N) is 2. The number of phenolic OH excluding ortho intramolecular Hbond substituents is 1. The van der Waals surface area contributed by atoms with Gasteiger partial charge in [0, 0.05) is 29.6 Å². The average Bonchev–Trinajstić information content (AvgIpc) is 2.29. The van der Waals surface area contributed by atoms with Gasteiger partial charge in [0.15, 0.2) is 5.78 Å². The normalized spacial score (nSPS) is 10.2. The van der Waals surface area contributed by atoms with Crippen LogP contribution in [0.3, 0.4) is 0 Å². The third kappa shape index (κ3) is 2.13. The fourth-order valence-corrected chi connectivity index (χ4v) is 1.50. The van der Waals surface area contributed by atoms with Crippen LogP contribution in [0.4, 0.5) is 4.39 Å². The minimum atomic E-state index is -0.623. The van der Waals surface area contributed by atoms with Crippen LogP contribution in [0, 0.1) is 5.82 Å². The van der Waals surface area contributed by atoms with Crippen molar-refractivity contribution in [2.24, 2.45) is 0 Å². The zero-order chi connectivity index (χ0) is 12.4. The molecule has 0 amide bonds. The molecule has 1 heterocycles. The number of carbonyl (C=O) groups excluding carboxylic acids is 1. The molecule has 4 nitrogen and oxygen atoms in total. The molecule has 1 N–H and O–H groups in total. The Morgan fingerprint density at radius 2 is 1.94 bits per heavy atom. The maximum Gasteiger partial charge on any atom is 0.163 e. The van der Waals surface area contributed by atoms with E-state index in [4.69, 9.17) is 0 Å². The lowest BCUT2D eigenvalue weighted by molar-refractivity contribution is 0.101. The first-order valence-electron chi connectivity index (χ1n) is 4.88. The van der Waals surface area contributed by atoms with Gasteiger partial charge in [-0.15, -0.1) is 0 Å². The van der Waals surface area contributed by atoms with Crippen molar-refractivity contribution in [3.8, 4) is 16.9 Å². The molecule has 2 rings (SSSR count). The summed E-state index contributed by atoms with van der Waals surface area (Å²) in [7, 11) is 0. The predicted molar refractivity (Wildman–Crippen MR) is 59.1 cm³/mol. The molecule has 2 aromatic rings. The fraction of sp³-hybridized carbons (Fsp3) is 0.0833. The summed E-state index contributed by atoms with van der Waals surface area (Å²) in [4.78, 5) is 18.8. The number of hydrogen-bond acceptors (Lipinski definition) is 4. The quantitative estimate of drug-likeness (QED) is 0.806. The first-order chi connectivity index (χ1) is 8.09. The Balaban J connectivity index is 2.63. The van der Waals surface area contributed by atoms with Crippen molar-refractivity contribution in [1.29, 1.82) is 0 Å². The van der Waals surface area contributed by atoms with Gasteiger partial charge in [-0.2, -0.15) is 0 Å². The number of halogens is 1. The van der Waals surface area contributed by atoms with Crippen LogP contribution in [0.15, 0.2) is 30.9 Å². The molecule has 0 aliphatic carbocycles. The van der Waals surface area contributed by atoms with Gasteiger partial charge in [0.25, 0.3) is 0 Å². The molecule has 0 atom stereocenters. The van der Waals surface area contributed by atoms with Crippen molar-refractivity contribution >= 4 is 5.78 Å². The smallest absolute Gasteiger partial charge is 0.163 e. The number of benzene rings is 1. The number of aromatic hydroxyl groups is 1. The van der Waals surface area contributed by atoms with E-state index < -0.39 is 5.82 Å². The van der Waals surface area contributed by atoms with E-state index in [0.717, 1.165) is 6.07 Å². The molecular formula is C12H9FN2O2. The average molecular weight is 232 g/mol. The van der Waals surface area contributed by atoms with E-state index in [1.54, 1.807) is 0 Å². The Morgan fingerprint density at radius 1 is 1.29 bits per heavy atom. The maximum atomic E-state index is 13.7. The number of hydrogen-bond donors (Lipinski definition) is 1. The molecule has 5 heteroatoms. The highest BCUT2D eigenvalue weighted by Crippen LogP contribution is 2.28. The first-order valence-corrected chi connectivity index (χ1v) is 4.88. The molecule has 0 radical (unpaired) electrons. The fourth-order valence-electron chi connectivity index (χ4n) is 1.50. The van der Waals surface area contributed by atoms with E-state index in [-0.39, 0.29) is 22.7 Å². The molecule has 0 saturated heterocycles. The molecule has 17 heavy (non-hydrogen) atoms. The molecule has 1 aromatic heterocycles. The number of Topliss-reactive ketones (excluding diaryl/α,β-unsaturated/α-hetero) is 1. The van der Waals surface area contributed by atoms with Crippen molar-refractivity contribution in [1.82, 2.24) is 9.97 Å². The molecule has 0 fully saturated rings. The molecule has 0 aliphatic rings. The van der Waals surface area contributed by atoms with Crippen LogP contribution in [-0.2, 0) is 0 Å². The predicted octanol–water partition coefficient (Wildman–Crippen LogP) is 2.19. The van der Waals surface area contributed by atoms with Gasteiger partial charge in [0.05, 0.1) is 5.56 Å². The van der Waals surface area contributed by atoms with Gasteiger partial charge in [-0.3, -0.25) is 4.79 Å². The van der Waals surface area contributed by atoms with Gasteiger partial charge < -0.3 is 5.11 Å². The maximum absolute atomic E-state index is 13.7. The van der Waals surface area contributed by atoms with Crippen molar-refractivity contribution in [2.45, 2.75) is 6.92 Å². The zero-order valence-corrected chi connectivity index (χ0v) is 9.01. The van der Waals surface area contributed by atoms with Crippen LogP contribution in [-0.4, -0.2) is 20.9 Å². The van der Waals surface area contributed by atoms with Crippen molar-refractivity contribution in [3.05, 3.63) is 42.2 Å². The molecule has 0 aliphatic heterocycles. The summed E-state index contributed by atoms with van der Waals surface area (Å²) >= 11 is 0. The van der Waals surface area contributed by atoms with Gasteiger partial charge in [0.2, 0.25) is 0 Å². The summed E-state index contributed by atoms with van der Waals surface area (Å²) < 4.78 is 13.7. The molecule has 0 saturated carbocycles. The SMILES string of the molecule is CC(=O)c1cc(-c2cncnc2)c(F)cc1O. The van der Waals surface area contributed by atoms with Crippen LogP contribution in [0.2, 0.25) is 0 Å². The number of phenols is 1. The Morgan fingerprint density at radius 3 is 2.53 bits per heavy atom. The summed E-state index contributed by atoms with van der Waals surface area (Å²) in [6, 6.07) is 2.21. The molecule has 1 aromatic carbocycles. The second-order valence-corrected chi connectivity index (χ2v) is 3.53. The highest BCUT2D eigenvalue weighted by atomic mass is 19.1. The summed E-state index contributed by atoms with van der Waals surface area (Å²) in [5.74, 6) is -1.32. The molecule has 0 bridgehead atoms. The van der Waals surface area contributed by atoms with E-state index in [1.165, 1.54) is 31.7 Å². The molecule has 86 valence electrons. The number of aromatic nitrogens is 2.